The number of aromatic nitrogens is 3. The van der Waals surface area contributed by atoms with Gasteiger partial charge >= 0.3 is 18.4 Å². The van der Waals surface area contributed by atoms with Gasteiger partial charge in [0.1, 0.15) is 6.61 Å². The fourth-order valence-electron chi connectivity index (χ4n) is 4.45. The number of halogens is 6. The number of amidine groups is 1. The van der Waals surface area contributed by atoms with E-state index < -0.39 is 43.1 Å². The zero-order chi connectivity index (χ0) is 33.2. The predicted molar refractivity (Wildman–Crippen MR) is 160 cm³/mol. The SMILES string of the molecule is Cc1ccc(COCC(F)(F)F)c(N2C(=O)CSC2=NC(=O)Nc2ccc(-c3ccn(-c4ccc(C(F)(F)F)cn4)n3)cc2C)c1. The minimum Gasteiger partial charge on any atom is -0.367 e. The van der Waals surface area contributed by atoms with Crippen molar-refractivity contribution in [3.05, 3.63) is 89.2 Å². The number of ether oxygens (including phenoxy) is 1. The van der Waals surface area contributed by atoms with Crippen LogP contribution >= 0.6 is 11.8 Å². The maximum absolute atomic E-state index is 12.9. The smallest absolute Gasteiger partial charge is 0.367 e. The first-order valence-corrected chi connectivity index (χ1v) is 14.5. The van der Waals surface area contributed by atoms with Gasteiger partial charge in [-0.1, -0.05) is 30.0 Å². The molecule has 3 heterocycles. The minimum absolute atomic E-state index is 0.0226. The third kappa shape index (κ3) is 7.74. The average Bonchev–Trinajstić information content (AvgIpc) is 3.61. The Labute approximate surface area is 262 Å². The van der Waals surface area contributed by atoms with Crippen LogP contribution < -0.4 is 10.2 Å². The van der Waals surface area contributed by atoms with Gasteiger partial charge < -0.3 is 10.1 Å². The summed E-state index contributed by atoms with van der Waals surface area (Å²) in [6.07, 6.45) is -6.73. The molecule has 0 unspecified atom stereocenters. The molecule has 46 heavy (non-hydrogen) atoms. The number of hydrogen-bond acceptors (Lipinski definition) is 6. The average molecular weight is 663 g/mol. The van der Waals surface area contributed by atoms with Crippen LogP contribution in [0.25, 0.3) is 17.1 Å². The highest BCUT2D eigenvalue weighted by Crippen LogP contribution is 2.32. The Bertz CT molecular complexity index is 1800. The number of urea groups is 1. The Balaban J connectivity index is 1.30. The van der Waals surface area contributed by atoms with Gasteiger partial charge in [0.05, 0.1) is 29.3 Å². The molecule has 1 aliphatic rings. The van der Waals surface area contributed by atoms with E-state index in [9.17, 15) is 35.9 Å². The van der Waals surface area contributed by atoms with Crippen LogP contribution in [-0.4, -0.2) is 50.4 Å². The van der Waals surface area contributed by atoms with Gasteiger partial charge in [0, 0.05) is 29.2 Å². The molecule has 9 nitrogen and oxygen atoms in total. The Hall–Kier alpha value is -4.70. The van der Waals surface area contributed by atoms with Crippen molar-refractivity contribution in [3.63, 3.8) is 0 Å². The Morgan fingerprint density at radius 1 is 1.04 bits per heavy atom. The molecule has 0 spiro atoms. The highest BCUT2D eigenvalue weighted by Gasteiger charge is 2.33. The molecule has 0 bridgehead atoms. The summed E-state index contributed by atoms with van der Waals surface area (Å²) in [6.45, 7) is 1.63. The van der Waals surface area contributed by atoms with E-state index in [1.165, 1.54) is 15.6 Å². The zero-order valence-electron chi connectivity index (χ0n) is 24.1. The molecule has 2 aromatic carbocycles. The third-order valence-electron chi connectivity index (χ3n) is 6.63. The molecule has 1 N–H and O–H groups in total. The maximum Gasteiger partial charge on any atom is 0.417 e. The van der Waals surface area contributed by atoms with Crippen molar-refractivity contribution in [3.8, 4) is 17.1 Å². The number of rotatable bonds is 7. The first-order chi connectivity index (χ1) is 21.7. The molecule has 0 radical (unpaired) electrons. The van der Waals surface area contributed by atoms with E-state index in [0.717, 1.165) is 29.6 Å². The van der Waals surface area contributed by atoms with E-state index in [-0.39, 0.29) is 22.4 Å². The van der Waals surface area contributed by atoms with Gasteiger partial charge in [-0.05, 0) is 61.4 Å². The van der Waals surface area contributed by atoms with Crippen LogP contribution in [0.15, 0.2) is 72.0 Å². The van der Waals surface area contributed by atoms with Gasteiger partial charge in [-0.25, -0.2) is 14.5 Å². The Kier molecular flexibility index (Phi) is 9.21. The van der Waals surface area contributed by atoms with Crippen LogP contribution in [0.2, 0.25) is 0 Å². The molecule has 240 valence electrons. The number of aliphatic imine (C=N–C) groups is 1. The van der Waals surface area contributed by atoms with E-state index in [1.54, 1.807) is 62.5 Å². The zero-order valence-corrected chi connectivity index (χ0v) is 24.9. The van der Waals surface area contributed by atoms with E-state index in [1.807, 2.05) is 0 Å². The topological polar surface area (TPSA) is 102 Å². The van der Waals surface area contributed by atoms with Crippen molar-refractivity contribution in [1.29, 1.82) is 0 Å². The van der Waals surface area contributed by atoms with Crippen LogP contribution in [0.5, 0.6) is 0 Å². The highest BCUT2D eigenvalue weighted by atomic mass is 32.2. The van der Waals surface area contributed by atoms with Crippen molar-refractivity contribution in [2.45, 2.75) is 32.8 Å². The number of alkyl halides is 6. The number of benzene rings is 2. The molecule has 3 amide bonds. The number of aryl methyl sites for hydroxylation is 2. The van der Waals surface area contributed by atoms with Crippen LogP contribution in [0, 0.1) is 13.8 Å². The lowest BCUT2D eigenvalue weighted by atomic mass is 10.1. The monoisotopic (exact) mass is 662 g/mol. The molecule has 0 atom stereocenters. The summed E-state index contributed by atoms with van der Waals surface area (Å²) < 4.78 is 82.6. The molecule has 0 saturated carbocycles. The second-order valence-electron chi connectivity index (χ2n) is 10.2. The number of carbonyl (C=O) groups excluding carboxylic acids is 2. The quantitative estimate of drug-likeness (QED) is 0.208. The molecule has 5 rings (SSSR count). The summed E-state index contributed by atoms with van der Waals surface area (Å²) in [5.74, 6) is -0.223. The molecule has 0 aliphatic carbocycles. The fraction of sp³-hybridized carbons (Fsp3) is 0.233. The second kappa shape index (κ2) is 13.0. The highest BCUT2D eigenvalue weighted by molar-refractivity contribution is 8.15. The molecule has 1 saturated heterocycles. The number of nitrogens with zero attached hydrogens (tertiary/aromatic N) is 5. The maximum atomic E-state index is 12.9. The van der Waals surface area contributed by atoms with E-state index in [0.29, 0.717) is 28.1 Å². The number of anilines is 2. The lowest BCUT2D eigenvalue weighted by Crippen LogP contribution is -2.31. The van der Waals surface area contributed by atoms with Crippen molar-refractivity contribution >= 4 is 40.2 Å². The number of hydrogen-bond donors (Lipinski definition) is 1. The standard InChI is InChI=1S/C30H24F6N6O3S/c1-17-3-4-20(14-45-16-29(31,32)33)24(11-17)42-26(43)15-46-28(42)39-27(44)38-22-7-5-19(12-18(22)2)23-9-10-41(40-23)25-8-6-21(13-37-25)30(34,35)36/h3-13H,14-16H2,1-2H3,(H,38,44). The van der Waals surface area contributed by atoms with Crippen LogP contribution in [0.3, 0.4) is 0 Å². The molecule has 1 fully saturated rings. The normalized spacial score (nSPS) is 14.7. The van der Waals surface area contributed by atoms with Gasteiger partial charge in [-0.15, -0.1) is 0 Å². The third-order valence-corrected chi connectivity index (χ3v) is 7.55. The second-order valence-corrected chi connectivity index (χ2v) is 11.1. The van der Waals surface area contributed by atoms with Gasteiger partial charge in [0.2, 0.25) is 5.91 Å². The molecule has 4 aromatic rings. The van der Waals surface area contributed by atoms with Crippen molar-refractivity contribution in [2.75, 3.05) is 22.6 Å². The first kappa shape index (κ1) is 32.7. The van der Waals surface area contributed by atoms with Crippen LogP contribution in [0.1, 0.15) is 22.3 Å². The molecular formula is C30H24F6N6O3S. The van der Waals surface area contributed by atoms with Gasteiger partial charge in [-0.2, -0.15) is 36.4 Å². The van der Waals surface area contributed by atoms with Crippen LogP contribution in [-0.2, 0) is 22.3 Å². The number of carbonyl (C=O) groups is 2. The summed E-state index contributed by atoms with van der Waals surface area (Å²) in [4.78, 5) is 34.9. The molecule has 2 aromatic heterocycles. The Morgan fingerprint density at radius 2 is 1.83 bits per heavy atom. The lowest BCUT2D eigenvalue weighted by Gasteiger charge is -2.21. The van der Waals surface area contributed by atoms with Crippen LogP contribution in [0.4, 0.5) is 42.5 Å². The molecule has 1 aliphatic heterocycles. The number of amides is 3. The van der Waals surface area contributed by atoms with Crippen molar-refractivity contribution in [1.82, 2.24) is 14.8 Å². The molecular weight excluding hydrogens is 638 g/mol. The summed E-state index contributed by atoms with van der Waals surface area (Å²) in [6, 6.07) is 12.9. The van der Waals surface area contributed by atoms with Gasteiger partial charge in [0.25, 0.3) is 0 Å². The first-order valence-electron chi connectivity index (χ1n) is 13.5. The van der Waals surface area contributed by atoms with Gasteiger partial charge in [-0.3, -0.25) is 9.69 Å². The minimum atomic E-state index is -4.51. The summed E-state index contributed by atoms with van der Waals surface area (Å²) in [7, 11) is 0. The summed E-state index contributed by atoms with van der Waals surface area (Å²) >= 11 is 1.01. The lowest BCUT2D eigenvalue weighted by molar-refractivity contribution is -0.176. The number of pyridine rings is 1. The molecule has 16 heteroatoms. The number of thioether (sulfide) groups is 1. The largest absolute Gasteiger partial charge is 0.417 e. The van der Waals surface area contributed by atoms with E-state index in [4.69, 9.17) is 4.74 Å². The van der Waals surface area contributed by atoms with Crippen molar-refractivity contribution in [2.24, 2.45) is 4.99 Å². The summed E-state index contributed by atoms with van der Waals surface area (Å²) in [5.41, 5.74) is 2.68. The van der Waals surface area contributed by atoms with Crippen molar-refractivity contribution < 1.29 is 40.7 Å². The number of nitrogens with one attached hydrogen (secondary N) is 1. The van der Waals surface area contributed by atoms with E-state index >= 15 is 0 Å². The fourth-order valence-corrected chi connectivity index (χ4v) is 5.31. The Morgan fingerprint density at radius 3 is 2.50 bits per heavy atom. The summed E-state index contributed by atoms with van der Waals surface area (Å²) in [5, 5.41) is 7.12. The van der Waals surface area contributed by atoms with E-state index in [2.05, 4.69) is 20.4 Å². The predicted octanol–water partition coefficient (Wildman–Crippen LogP) is 7.32. The van der Waals surface area contributed by atoms with Gasteiger partial charge in [0.15, 0.2) is 11.0 Å².